The molecule has 1 N–H and O–H groups in total. The lowest BCUT2D eigenvalue weighted by atomic mass is 9.95. The van der Waals surface area contributed by atoms with E-state index < -0.39 is 0 Å². The highest BCUT2D eigenvalue weighted by Gasteiger charge is 2.19. The normalized spacial score (nSPS) is 24.4. The Morgan fingerprint density at radius 1 is 1.29 bits per heavy atom. The molecule has 0 radical (unpaired) electrons. The summed E-state index contributed by atoms with van der Waals surface area (Å²) < 4.78 is 5.13. The quantitative estimate of drug-likeness (QED) is 0.844. The smallest absolute Gasteiger partial charge is 0.218 e. The van der Waals surface area contributed by atoms with Crippen LogP contribution in [0.4, 0.5) is 5.82 Å². The SMILES string of the molecule is COc1cc(NC2CCC(Cl)CC2)nc(C)n1. The fraction of sp³-hybridized carbons (Fsp3) is 0.667. The number of nitrogens with one attached hydrogen (secondary N) is 1. The molecule has 1 saturated carbocycles. The third-order valence-corrected chi connectivity index (χ3v) is 3.47. The first-order chi connectivity index (χ1) is 8.17. The van der Waals surface area contributed by atoms with Gasteiger partial charge in [0.05, 0.1) is 7.11 Å². The number of hydrogen-bond donors (Lipinski definition) is 1. The largest absolute Gasteiger partial charge is 0.481 e. The second-order valence-corrected chi connectivity index (χ2v) is 5.05. The average Bonchev–Trinajstić information content (AvgIpc) is 2.31. The van der Waals surface area contributed by atoms with Crippen LogP contribution >= 0.6 is 11.6 Å². The molecule has 0 bridgehead atoms. The number of aromatic nitrogens is 2. The van der Waals surface area contributed by atoms with Gasteiger partial charge >= 0.3 is 0 Å². The van der Waals surface area contributed by atoms with Crippen molar-refractivity contribution in [2.75, 3.05) is 12.4 Å². The van der Waals surface area contributed by atoms with Crippen LogP contribution in [0.5, 0.6) is 5.88 Å². The summed E-state index contributed by atoms with van der Waals surface area (Å²) in [5.74, 6) is 2.16. The number of methoxy groups -OCH3 is 1. The maximum absolute atomic E-state index is 6.08. The molecular formula is C12H18ClN3O. The molecule has 0 saturated heterocycles. The van der Waals surface area contributed by atoms with Gasteiger partial charge < -0.3 is 10.1 Å². The third kappa shape index (κ3) is 3.46. The van der Waals surface area contributed by atoms with Crippen molar-refractivity contribution in [3.05, 3.63) is 11.9 Å². The van der Waals surface area contributed by atoms with Crippen LogP contribution in [0.15, 0.2) is 6.07 Å². The highest BCUT2D eigenvalue weighted by molar-refractivity contribution is 6.20. The summed E-state index contributed by atoms with van der Waals surface area (Å²) in [7, 11) is 1.62. The first-order valence-electron chi connectivity index (χ1n) is 5.97. The minimum atomic E-state index is 0.342. The summed E-state index contributed by atoms with van der Waals surface area (Å²) in [6.07, 6.45) is 4.33. The number of anilines is 1. The standard InChI is InChI=1S/C12H18ClN3O/c1-8-14-11(7-12(15-8)17-2)16-10-5-3-9(13)4-6-10/h7,9-10H,3-6H2,1-2H3,(H,14,15,16). The Kier molecular flexibility index (Phi) is 4.05. The lowest BCUT2D eigenvalue weighted by Gasteiger charge is -2.26. The van der Waals surface area contributed by atoms with Crippen LogP contribution in [0.3, 0.4) is 0 Å². The fourth-order valence-corrected chi connectivity index (χ4v) is 2.38. The molecule has 1 aliphatic carbocycles. The molecule has 4 nitrogen and oxygen atoms in total. The molecular weight excluding hydrogens is 238 g/mol. The molecule has 0 amide bonds. The van der Waals surface area contributed by atoms with E-state index in [-0.39, 0.29) is 0 Å². The molecule has 1 heterocycles. The van der Waals surface area contributed by atoms with Crippen molar-refractivity contribution < 1.29 is 4.74 Å². The maximum atomic E-state index is 6.08. The molecule has 1 aliphatic rings. The van der Waals surface area contributed by atoms with Crippen LogP contribution in [-0.2, 0) is 0 Å². The zero-order valence-corrected chi connectivity index (χ0v) is 11.0. The van der Waals surface area contributed by atoms with Crippen molar-refractivity contribution in [3.63, 3.8) is 0 Å². The van der Waals surface area contributed by atoms with E-state index in [9.17, 15) is 0 Å². The van der Waals surface area contributed by atoms with Gasteiger partial charge in [-0.05, 0) is 32.6 Å². The zero-order chi connectivity index (χ0) is 12.3. The predicted molar refractivity (Wildman–Crippen MR) is 68.8 cm³/mol. The predicted octanol–water partition coefficient (Wildman–Crippen LogP) is 2.76. The minimum Gasteiger partial charge on any atom is -0.481 e. The molecule has 1 fully saturated rings. The number of aryl methyl sites for hydroxylation is 1. The molecule has 1 aromatic rings. The van der Waals surface area contributed by atoms with E-state index in [1.807, 2.05) is 13.0 Å². The lowest BCUT2D eigenvalue weighted by molar-refractivity contribution is 0.395. The van der Waals surface area contributed by atoms with Crippen LogP contribution in [0.2, 0.25) is 0 Å². The zero-order valence-electron chi connectivity index (χ0n) is 10.2. The maximum Gasteiger partial charge on any atom is 0.218 e. The number of hydrogen-bond acceptors (Lipinski definition) is 4. The number of halogens is 1. The van der Waals surface area contributed by atoms with Crippen molar-refractivity contribution >= 4 is 17.4 Å². The van der Waals surface area contributed by atoms with Crippen molar-refractivity contribution in [1.82, 2.24) is 9.97 Å². The molecule has 1 aromatic heterocycles. The van der Waals surface area contributed by atoms with Crippen LogP contribution < -0.4 is 10.1 Å². The molecule has 17 heavy (non-hydrogen) atoms. The van der Waals surface area contributed by atoms with E-state index in [2.05, 4.69) is 15.3 Å². The van der Waals surface area contributed by atoms with Crippen LogP contribution in [0, 0.1) is 6.92 Å². The molecule has 0 spiro atoms. The molecule has 0 atom stereocenters. The molecule has 5 heteroatoms. The highest BCUT2D eigenvalue weighted by atomic mass is 35.5. The summed E-state index contributed by atoms with van der Waals surface area (Å²) in [5, 5.41) is 3.77. The second-order valence-electron chi connectivity index (χ2n) is 4.44. The van der Waals surface area contributed by atoms with Gasteiger partial charge in [0, 0.05) is 17.5 Å². The number of rotatable bonds is 3. The summed E-state index contributed by atoms with van der Waals surface area (Å²) in [5.41, 5.74) is 0. The van der Waals surface area contributed by atoms with Crippen LogP contribution in [0.25, 0.3) is 0 Å². The number of alkyl halides is 1. The van der Waals surface area contributed by atoms with Gasteiger partial charge in [0.1, 0.15) is 11.6 Å². The monoisotopic (exact) mass is 255 g/mol. The first-order valence-corrected chi connectivity index (χ1v) is 6.41. The van der Waals surface area contributed by atoms with E-state index in [1.165, 1.54) is 0 Å². The third-order valence-electron chi connectivity index (χ3n) is 3.03. The van der Waals surface area contributed by atoms with Crippen molar-refractivity contribution in [2.45, 2.75) is 44.0 Å². The van der Waals surface area contributed by atoms with E-state index in [0.717, 1.165) is 37.3 Å². The minimum absolute atomic E-state index is 0.342. The Balaban J connectivity index is 2.00. The number of ether oxygens (including phenoxy) is 1. The highest BCUT2D eigenvalue weighted by Crippen LogP contribution is 2.25. The van der Waals surface area contributed by atoms with Gasteiger partial charge in [-0.25, -0.2) is 4.98 Å². The second kappa shape index (κ2) is 5.54. The first kappa shape index (κ1) is 12.4. The van der Waals surface area contributed by atoms with E-state index >= 15 is 0 Å². The molecule has 94 valence electrons. The van der Waals surface area contributed by atoms with Gasteiger partial charge in [-0.3, -0.25) is 0 Å². The van der Waals surface area contributed by atoms with Crippen LogP contribution in [-0.4, -0.2) is 28.5 Å². The molecule has 0 unspecified atom stereocenters. The Hall–Kier alpha value is -1.03. The van der Waals surface area contributed by atoms with Crippen molar-refractivity contribution in [1.29, 1.82) is 0 Å². The summed E-state index contributed by atoms with van der Waals surface area (Å²) in [6, 6.07) is 2.30. The van der Waals surface area contributed by atoms with E-state index in [1.54, 1.807) is 7.11 Å². The van der Waals surface area contributed by atoms with Crippen molar-refractivity contribution in [2.24, 2.45) is 0 Å². The van der Waals surface area contributed by atoms with Gasteiger partial charge in [-0.1, -0.05) is 0 Å². The Labute approximate surface area is 107 Å². The Bertz CT molecular complexity index is 378. The number of nitrogens with zero attached hydrogens (tertiary/aromatic N) is 2. The average molecular weight is 256 g/mol. The summed E-state index contributed by atoms with van der Waals surface area (Å²) in [6.45, 7) is 1.86. The molecule has 0 aliphatic heterocycles. The Morgan fingerprint density at radius 3 is 2.65 bits per heavy atom. The fourth-order valence-electron chi connectivity index (χ4n) is 2.13. The van der Waals surface area contributed by atoms with Gasteiger partial charge in [0.25, 0.3) is 0 Å². The van der Waals surface area contributed by atoms with E-state index in [0.29, 0.717) is 17.3 Å². The molecule has 2 rings (SSSR count). The molecule has 0 aromatic carbocycles. The summed E-state index contributed by atoms with van der Waals surface area (Å²) >= 11 is 6.08. The van der Waals surface area contributed by atoms with Crippen molar-refractivity contribution in [3.8, 4) is 5.88 Å². The van der Waals surface area contributed by atoms with Gasteiger partial charge in [-0.2, -0.15) is 4.98 Å². The Morgan fingerprint density at radius 2 is 2.00 bits per heavy atom. The van der Waals surface area contributed by atoms with Crippen LogP contribution in [0.1, 0.15) is 31.5 Å². The summed E-state index contributed by atoms with van der Waals surface area (Å²) in [4.78, 5) is 8.52. The van der Waals surface area contributed by atoms with E-state index in [4.69, 9.17) is 16.3 Å². The van der Waals surface area contributed by atoms with Gasteiger partial charge in [0.2, 0.25) is 5.88 Å². The lowest BCUT2D eigenvalue weighted by Crippen LogP contribution is -2.26. The van der Waals surface area contributed by atoms with Gasteiger partial charge in [0.15, 0.2) is 0 Å². The topological polar surface area (TPSA) is 47.0 Å². The van der Waals surface area contributed by atoms with Gasteiger partial charge in [-0.15, -0.1) is 11.6 Å².